The van der Waals surface area contributed by atoms with E-state index in [1.165, 1.54) is 0 Å². The number of rotatable bonds is 13. The number of phenolic OH excluding ortho intramolecular Hbond substituents is 1. The van der Waals surface area contributed by atoms with Gasteiger partial charge in [0.2, 0.25) is 11.8 Å². The van der Waals surface area contributed by atoms with Gasteiger partial charge in [-0.15, -0.1) is 0 Å². The molecule has 1 aliphatic rings. The number of thiazole rings is 1. The smallest absolute Gasteiger partial charge is 0.305 e. The van der Waals surface area contributed by atoms with Gasteiger partial charge in [-0.05, 0) is 61.6 Å². The summed E-state index contributed by atoms with van der Waals surface area (Å²) < 4.78 is 28.3. The van der Waals surface area contributed by atoms with Crippen molar-refractivity contribution in [1.29, 1.82) is 0 Å². The van der Waals surface area contributed by atoms with Crippen LogP contribution in [-0.2, 0) is 17.6 Å². The molecule has 1 saturated carbocycles. The Morgan fingerprint density at radius 1 is 1.07 bits per heavy atom. The van der Waals surface area contributed by atoms with Crippen LogP contribution in [0.25, 0.3) is 10.2 Å². The van der Waals surface area contributed by atoms with Crippen LogP contribution in [0.15, 0.2) is 35.1 Å². The number of phenols is 1. The van der Waals surface area contributed by atoms with Crippen LogP contribution < -0.4 is 15.5 Å². The SMILES string of the molecule is O=C(CCN(CCNCCc1ccc(O)c2[nH]c(=O)sc12)C1CCC(F)(F)CC1)NCCc1ccc(Cl)c(Cl)c1. The molecule has 1 amide bonds. The Kier molecular flexibility index (Phi) is 10.8. The summed E-state index contributed by atoms with van der Waals surface area (Å²) in [5.74, 6) is -2.64. The molecule has 1 aliphatic carbocycles. The number of nitrogens with one attached hydrogen (secondary N) is 3. The summed E-state index contributed by atoms with van der Waals surface area (Å²) in [5.41, 5.74) is 2.40. The average Bonchev–Trinajstić information content (AvgIpc) is 3.31. The van der Waals surface area contributed by atoms with E-state index in [1.54, 1.807) is 18.2 Å². The average molecular weight is 616 g/mol. The molecule has 4 rings (SSSR count). The number of hydrogen-bond acceptors (Lipinski definition) is 6. The van der Waals surface area contributed by atoms with Gasteiger partial charge in [-0.3, -0.25) is 14.5 Å². The monoisotopic (exact) mass is 614 g/mol. The van der Waals surface area contributed by atoms with Crippen molar-refractivity contribution >= 4 is 50.7 Å². The molecule has 0 unspecified atom stereocenters. The Morgan fingerprint density at radius 3 is 2.60 bits per heavy atom. The lowest BCUT2D eigenvalue weighted by molar-refractivity contribution is -0.121. The van der Waals surface area contributed by atoms with Gasteiger partial charge in [0, 0.05) is 51.5 Å². The maximum atomic E-state index is 13.8. The zero-order valence-corrected chi connectivity index (χ0v) is 24.4. The number of carbonyl (C=O) groups excluding carboxylic acids is 1. The van der Waals surface area contributed by atoms with Crippen LogP contribution in [0.1, 0.15) is 43.2 Å². The predicted octanol–water partition coefficient (Wildman–Crippen LogP) is 5.36. The second-order valence-electron chi connectivity index (χ2n) is 10.2. The summed E-state index contributed by atoms with van der Waals surface area (Å²) >= 11 is 13.1. The number of aromatic amines is 1. The van der Waals surface area contributed by atoms with E-state index in [4.69, 9.17) is 23.2 Å². The Labute approximate surface area is 245 Å². The van der Waals surface area contributed by atoms with Gasteiger partial charge >= 0.3 is 4.87 Å². The number of H-pyrrole nitrogens is 1. The zero-order chi connectivity index (χ0) is 28.7. The van der Waals surface area contributed by atoms with E-state index in [2.05, 4.69) is 20.5 Å². The Bertz CT molecular complexity index is 1360. The molecule has 0 aliphatic heterocycles. The van der Waals surface area contributed by atoms with Crippen molar-refractivity contribution in [2.45, 2.75) is 56.9 Å². The number of nitrogens with zero attached hydrogens (tertiary/aromatic N) is 1. The van der Waals surface area contributed by atoms with Crippen molar-refractivity contribution in [2.75, 3.05) is 32.7 Å². The van der Waals surface area contributed by atoms with Gasteiger partial charge in [0.15, 0.2) is 0 Å². The van der Waals surface area contributed by atoms with Crippen molar-refractivity contribution < 1.29 is 18.7 Å². The van der Waals surface area contributed by atoms with Gasteiger partial charge in [0.1, 0.15) is 11.3 Å². The van der Waals surface area contributed by atoms with Gasteiger partial charge in [-0.25, -0.2) is 8.78 Å². The molecule has 0 spiro atoms. The summed E-state index contributed by atoms with van der Waals surface area (Å²) in [4.78, 5) is 28.9. The molecule has 3 aromatic rings. The molecule has 40 heavy (non-hydrogen) atoms. The second kappa shape index (κ2) is 14.1. The molecular weight excluding hydrogens is 581 g/mol. The summed E-state index contributed by atoms with van der Waals surface area (Å²) in [7, 11) is 0. The first-order chi connectivity index (χ1) is 19.1. The number of aromatic hydroxyl groups is 1. The Hall–Kier alpha value is -2.24. The predicted molar refractivity (Wildman–Crippen MR) is 157 cm³/mol. The minimum absolute atomic E-state index is 0.0132. The molecule has 2 aromatic carbocycles. The number of fused-ring (bicyclic) bond motifs is 1. The lowest BCUT2D eigenvalue weighted by atomic mass is 9.91. The molecule has 0 saturated heterocycles. The van der Waals surface area contributed by atoms with Gasteiger partial charge in [0.05, 0.1) is 14.7 Å². The third kappa shape index (κ3) is 8.63. The highest BCUT2D eigenvalue weighted by molar-refractivity contribution is 7.16. The molecule has 218 valence electrons. The minimum Gasteiger partial charge on any atom is -0.506 e. The van der Waals surface area contributed by atoms with E-state index >= 15 is 0 Å². The molecular formula is C28H34Cl2F2N4O3S. The molecule has 12 heteroatoms. The maximum absolute atomic E-state index is 13.8. The van der Waals surface area contributed by atoms with E-state index < -0.39 is 5.92 Å². The van der Waals surface area contributed by atoms with Crippen LogP contribution in [0, 0.1) is 0 Å². The van der Waals surface area contributed by atoms with Crippen molar-refractivity contribution in [3.05, 3.63) is 61.2 Å². The second-order valence-corrected chi connectivity index (χ2v) is 12.0. The fourth-order valence-electron chi connectivity index (χ4n) is 5.08. The van der Waals surface area contributed by atoms with Crippen molar-refractivity contribution in [3.8, 4) is 5.75 Å². The third-order valence-corrected chi connectivity index (χ3v) is 9.03. The molecule has 4 N–H and O–H groups in total. The summed E-state index contributed by atoms with van der Waals surface area (Å²) in [5, 5.41) is 17.3. The first-order valence-electron chi connectivity index (χ1n) is 13.5. The molecule has 0 radical (unpaired) electrons. The number of hydrogen-bond donors (Lipinski definition) is 4. The Morgan fingerprint density at radius 2 is 1.85 bits per heavy atom. The lowest BCUT2D eigenvalue weighted by Crippen LogP contribution is -2.45. The fraction of sp³-hybridized carbons (Fsp3) is 0.500. The highest BCUT2D eigenvalue weighted by Gasteiger charge is 2.36. The van der Waals surface area contributed by atoms with Crippen molar-refractivity contribution in [2.24, 2.45) is 0 Å². The van der Waals surface area contributed by atoms with Gasteiger partial charge in [-0.2, -0.15) is 0 Å². The quantitative estimate of drug-likeness (QED) is 0.194. The first-order valence-corrected chi connectivity index (χ1v) is 15.1. The van der Waals surface area contributed by atoms with E-state index in [-0.39, 0.29) is 41.8 Å². The van der Waals surface area contributed by atoms with E-state index in [0.29, 0.717) is 74.0 Å². The van der Waals surface area contributed by atoms with Crippen LogP contribution in [0.3, 0.4) is 0 Å². The lowest BCUT2D eigenvalue weighted by Gasteiger charge is -2.37. The topological polar surface area (TPSA) is 97.5 Å². The van der Waals surface area contributed by atoms with Gasteiger partial charge in [0.25, 0.3) is 0 Å². The van der Waals surface area contributed by atoms with E-state index in [9.17, 15) is 23.5 Å². The Balaban J connectivity index is 1.24. The highest BCUT2D eigenvalue weighted by atomic mass is 35.5. The summed E-state index contributed by atoms with van der Waals surface area (Å²) in [6.45, 7) is 2.88. The number of aromatic nitrogens is 1. The largest absolute Gasteiger partial charge is 0.506 e. The van der Waals surface area contributed by atoms with Gasteiger partial charge < -0.3 is 20.7 Å². The number of alkyl halides is 2. The standard InChI is InChI=1S/C28H34Cl2F2N4O3S/c29-21-3-1-18(17-22(21)30)7-13-34-24(38)9-15-36(20-5-10-28(31,32)11-6-20)16-14-33-12-8-19-2-4-23(37)25-26(19)40-27(39)35-25/h1-4,17,20,33,37H,5-16H2,(H,34,38)(H,35,39). The van der Waals surface area contributed by atoms with E-state index in [0.717, 1.165) is 27.2 Å². The maximum Gasteiger partial charge on any atom is 0.305 e. The highest BCUT2D eigenvalue weighted by Crippen LogP contribution is 2.35. The van der Waals surface area contributed by atoms with Crippen molar-refractivity contribution in [1.82, 2.24) is 20.5 Å². The number of halogens is 4. The molecule has 1 aromatic heterocycles. The fourth-order valence-corrected chi connectivity index (χ4v) is 6.30. The van der Waals surface area contributed by atoms with Crippen LogP contribution >= 0.6 is 34.5 Å². The number of benzene rings is 2. The molecule has 7 nitrogen and oxygen atoms in total. The first kappa shape index (κ1) is 30.7. The molecule has 1 fully saturated rings. The van der Waals surface area contributed by atoms with Crippen LogP contribution in [0.2, 0.25) is 10.0 Å². The van der Waals surface area contributed by atoms with E-state index in [1.807, 2.05) is 12.1 Å². The molecule has 0 atom stereocenters. The van der Waals surface area contributed by atoms with Crippen LogP contribution in [0.4, 0.5) is 8.78 Å². The summed E-state index contributed by atoms with van der Waals surface area (Å²) in [6, 6.07) is 8.80. The molecule has 0 bridgehead atoms. The third-order valence-electron chi connectivity index (χ3n) is 7.33. The minimum atomic E-state index is -2.61. The summed E-state index contributed by atoms with van der Waals surface area (Å²) in [6.07, 6.45) is 2.13. The van der Waals surface area contributed by atoms with Crippen LogP contribution in [0.5, 0.6) is 5.75 Å². The van der Waals surface area contributed by atoms with Crippen LogP contribution in [-0.4, -0.2) is 65.6 Å². The number of amides is 1. The zero-order valence-electron chi connectivity index (χ0n) is 22.1. The van der Waals surface area contributed by atoms with Gasteiger partial charge in [-0.1, -0.05) is 46.7 Å². The number of carbonyl (C=O) groups is 1. The van der Waals surface area contributed by atoms with Crippen molar-refractivity contribution in [3.63, 3.8) is 0 Å². The molecule has 1 heterocycles. The normalized spacial score (nSPS) is 15.6.